The molecule has 1 aliphatic carbocycles. The Balaban J connectivity index is 1.74. The number of rotatable bonds is 12. The molecular weight excluding hydrogens is 474 g/mol. The Hall–Kier alpha value is -3.56. The maximum Gasteiger partial charge on any atom is 0.407 e. The van der Waals surface area contributed by atoms with Gasteiger partial charge in [-0.1, -0.05) is 76.2 Å². The number of carboxylic acid groups (broad SMARTS) is 1. The van der Waals surface area contributed by atoms with Gasteiger partial charge in [-0.3, -0.25) is 14.9 Å². The number of nitrogens with one attached hydrogen (secondary N) is 2. The van der Waals surface area contributed by atoms with Crippen LogP contribution >= 0.6 is 0 Å². The van der Waals surface area contributed by atoms with Gasteiger partial charge in [0.2, 0.25) is 0 Å². The molecule has 0 aromatic heterocycles. The van der Waals surface area contributed by atoms with Crippen LogP contribution in [0.3, 0.4) is 0 Å². The van der Waals surface area contributed by atoms with Gasteiger partial charge in [0, 0.05) is 5.92 Å². The number of fused-ring (bicyclic) bond motifs is 3. The quantitative estimate of drug-likeness (QED) is 0.252. The minimum absolute atomic E-state index is 0.0842. The molecule has 0 heterocycles. The van der Waals surface area contributed by atoms with Gasteiger partial charge in [-0.25, -0.2) is 4.79 Å². The van der Waals surface area contributed by atoms with E-state index in [0.717, 1.165) is 22.3 Å². The van der Waals surface area contributed by atoms with E-state index in [2.05, 4.69) is 10.6 Å². The van der Waals surface area contributed by atoms with E-state index in [4.69, 9.17) is 15.6 Å². The number of carbonyl (C=O) groups is 4. The first kappa shape index (κ1) is 28.0. The summed E-state index contributed by atoms with van der Waals surface area (Å²) in [6, 6.07) is 13.7. The molecule has 198 valence electrons. The number of aldehydes is 1. The molecule has 0 fully saturated rings. The van der Waals surface area contributed by atoms with Crippen LogP contribution in [0.15, 0.2) is 48.5 Å². The summed E-state index contributed by atoms with van der Waals surface area (Å²) in [5, 5.41) is 14.4. The number of hydrogen-bond acceptors (Lipinski definition) is 7. The van der Waals surface area contributed by atoms with Crippen molar-refractivity contribution in [3.63, 3.8) is 0 Å². The lowest BCUT2D eigenvalue weighted by atomic mass is 9.83. The maximum atomic E-state index is 13.6. The van der Waals surface area contributed by atoms with Crippen LogP contribution in [0.25, 0.3) is 11.1 Å². The number of nitrogens with two attached hydrogens (primary N) is 1. The van der Waals surface area contributed by atoms with E-state index in [1.807, 2.05) is 48.5 Å². The molecule has 37 heavy (non-hydrogen) atoms. The second-order valence-corrected chi connectivity index (χ2v) is 10.1. The van der Waals surface area contributed by atoms with Gasteiger partial charge in [0.15, 0.2) is 5.78 Å². The summed E-state index contributed by atoms with van der Waals surface area (Å²) in [5.74, 6) is -2.78. The number of ketones is 1. The zero-order valence-electron chi connectivity index (χ0n) is 21.6. The molecule has 0 aliphatic heterocycles. The fourth-order valence-electron chi connectivity index (χ4n) is 4.71. The maximum absolute atomic E-state index is 13.6. The Morgan fingerprint density at radius 2 is 1.57 bits per heavy atom. The highest BCUT2D eigenvalue weighted by molar-refractivity contribution is 5.95. The van der Waals surface area contributed by atoms with Crippen molar-refractivity contribution < 1.29 is 29.0 Å². The lowest BCUT2D eigenvalue weighted by Crippen LogP contribution is -2.70. The average molecular weight is 510 g/mol. The number of benzene rings is 2. The Kier molecular flexibility index (Phi) is 8.83. The highest BCUT2D eigenvalue weighted by Gasteiger charge is 2.44. The van der Waals surface area contributed by atoms with E-state index < -0.39 is 47.9 Å². The fourth-order valence-corrected chi connectivity index (χ4v) is 4.71. The Labute approximate surface area is 216 Å². The van der Waals surface area contributed by atoms with E-state index in [0.29, 0.717) is 6.29 Å². The Morgan fingerprint density at radius 1 is 1.03 bits per heavy atom. The van der Waals surface area contributed by atoms with Crippen LogP contribution in [0.4, 0.5) is 4.79 Å². The third kappa shape index (κ3) is 6.06. The summed E-state index contributed by atoms with van der Waals surface area (Å²) >= 11 is 0. The molecule has 1 amide bonds. The first-order valence-electron chi connectivity index (χ1n) is 12.4. The number of Topliss-reactive ketones (excluding diaryl/α,β-unsaturated/α-hetero) is 1. The van der Waals surface area contributed by atoms with E-state index in [-0.39, 0.29) is 18.4 Å². The third-order valence-electron chi connectivity index (χ3n) is 6.87. The molecule has 9 nitrogen and oxygen atoms in total. The molecule has 3 rings (SSSR count). The number of ether oxygens (including phenoxy) is 1. The van der Waals surface area contributed by atoms with E-state index >= 15 is 0 Å². The number of amides is 1. The standard InChI is InChI=1S/C28H35N3O6/c1-16(2)25(26(35)28(29,17(3)4)31-18(14-32)13-24(33)34)30-27(36)37-15-23-21-11-7-5-9-19(21)20-10-6-8-12-22(20)23/h5-12,14,16-18,23,25,31H,13,15,29H2,1-4H3,(H,30,36)(H,33,34)/t18?,25-,28?/m0/s1. The highest BCUT2D eigenvalue weighted by atomic mass is 16.5. The molecule has 2 unspecified atom stereocenters. The van der Waals surface area contributed by atoms with Gasteiger partial charge in [-0.15, -0.1) is 0 Å². The summed E-state index contributed by atoms with van der Waals surface area (Å²) in [5.41, 5.74) is 9.00. The molecular formula is C28H35N3O6. The monoisotopic (exact) mass is 509 g/mol. The topological polar surface area (TPSA) is 148 Å². The zero-order chi connectivity index (χ0) is 27.3. The highest BCUT2D eigenvalue weighted by Crippen LogP contribution is 2.44. The molecule has 0 radical (unpaired) electrons. The van der Waals surface area contributed by atoms with E-state index in [9.17, 15) is 19.2 Å². The number of aliphatic carboxylic acids is 1. The van der Waals surface area contributed by atoms with Crippen molar-refractivity contribution in [1.82, 2.24) is 10.6 Å². The summed E-state index contributed by atoms with van der Waals surface area (Å²) in [6.45, 7) is 6.94. The lowest BCUT2D eigenvalue weighted by molar-refractivity contribution is -0.140. The van der Waals surface area contributed by atoms with Gasteiger partial charge >= 0.3 is 12.1 Å². The van der Waals surface area contributed by atoms with Gasteiger partial charge in [0.1, 0.15) is 18.6 Å². The predicted octanol–water partition coefficient (Wildman–Crippen LogP) is 3.06. The average Bonchev–Trinajstić information content (AvgIpc) is 3.18. The van der Waals surface area contributed by atoms with Crippen molar-refractivity contribution >= 4 is 24.1 Å². The molecule has 0 spiro atoms. The summed E-state index contributed by atoms with van der Waals surface area (Å²) < 4.78 is 5.60. The molecule has 0 saturated carbocycles. The molecule has 9 heteroatoms. The first-order chi connectivity index (χ1) is 17.5. The van der Waals surface area contributed by atoms with Crippen molar-refractivity contribution in [2.75, 3.05) is 6.61 Å². The lowest BCUT2D eigenvalue weighted by Gasteiger charge is -2.38. The van der Waals surface area contributed by atoms with E-state index in [1.165, 1.54) is 0 Å². The predicted molar refractivity (Wildman–Crippen MR) is 139 cm³/mol. The number of hydrogen-bond donors (Lipinski definition) is 4. The normalized spacial score (nSPS) is 15.9. The molecule has 3 atom stereocenters. The van der Waals surface area contributed by atoms with Gasteiger partial charge in [0.05, 0.1) is 18.5 Å². The Bertz CT molecular complexity index is 1120. The van der Waals surface area contributed by atoms with Gasteiger partial charge in [0.25, 0.3) is 0 Å². The summed E-state index contributed by atoms with van der Waals surface area (Å²) in [7, 11) is 0. The minimum atomic E-state index is -1.76. The third-order valence-corrected chi connectivity index (χ3v) is 6.87. The van der Waals surface area contributed by atoms with Crippen LogP contribution in [0.5, 0.6) is 0 Å². The van der Waals surface area contributed by atoms with Gasteiger partial charge in [-0.05, 0) is 34.1 Å². The zero-order valence-corrected chi connectivity index (χ0v) is 21.6. The SMILES string of the molecule is CC(C)[C@H](NC(=O)OCC1c2ccccc2-c2ccccc21)C(=O)C(N)(NC(C=O)CC(=O)O)C(C)C. The van der Waals surface area contributed by atoms with Crippen LogP contribution < -0.4 is 16.4 Å². The van der Waals surface area contributed by atoms with Crippen molar-refractivity contribution in [3.05, 3.63) is 59.7 Å². The summed E-state index contributed by atoms with van der Waals surface area (Å²) in [4.78, 5) is 49.0. The smallest absolute Gasteiger partial charge is 0.407 e. The van der Waals surface area contributed by atoms with Crippen molar-refractivity contribution in [3.8, 4) is 11.1 Å². The second-order valence-electron chi connectivity index (χ2n) is 10.1. The number of carbonyl (C=O) groups excluding carboxylic acids is 3. The van der Waals surface area contributed by atoms with Crippen LogP contribution in [0.1, 0.15) is 51.2 Å². The molecule has 5 N–H and O–H groups in total. The van der Waals surface area contributed by atoms with Gasteiger partial charge < -0.3 is 25.7 Å². The largest absolute Gasteiger partial charge is 0.481 e. The number of alkyl carbamates (subject to hydrolysis) is 1. The van der Waals surface area contributed by atoms with E-state index in [1.54, 1.807) is 27.7 Å². The number of carboxylic acids is 1. The van der Waals surface area contributed by atoms with Crippen LogP contribution in [-0.4, -0.2) is 53.6 Å². The first-order valence-corrected chi connectivity index (χ1v) is 12.4. The van der Waals surface area contributed by atoms with Crippen molar-refractivity contribution in [1.29, 1.82) is 0 Å². The molecule has 2 aromatic rings. The molecule has 0 bridgehead atoms. The fraction of sp³-hybridized carbons (Fsp3) is 0.429. The Morgan fingerprint density at radius 3 is 2.03 bits per heavy atom. The van der Waals surface area contributed by atoms with Crippen molar-refractivity contribution in [2.45, 2.75) is 57.8 Å². The second kappa shape index (κ2) is 11.7. The van der Waals surface area contributed by atoms with Crippen LogP contribution in [-0.2, 0) is 19.1 Å². The summed E-state index contributed by atoms with van der Waals surface area (Å²) in [6.07, 6.45) is -0.888. The molecule has 1 aliphatic rings. The van der Waals surface area contributed by atoms with Crippen molar-refractivity contribution in [2.24, 2.45) is 17.6 Å². The minimum Gasteiger partial charge on any atom is -0.481 e. The van der Waals surface area contributed by atoms with Gasteiger partial charge in [-0.2, -0.15) is 0 Å². The van der Waals surface area contributed by atoms with Crippen LogP contribution in [0.2, 0.25) is 0 Å². The molecule has 0 saturated heterocycles. The molecule has 2 aromatic carbocycles. The van der Waals surface area contributed by atoms with Crippen LogP contribution in [0, 0.1) is 11.8 Å².